The van der Waals surface area contributed by atoms with Crippen LogP contribution in [-0.2, 0) is 11.3 Å². The molecule has 1 fully saturated rings. The molecule has 0 bridgehead atoms. The zero-order valence-corrected chi connectivity index (χ0v) is 13.8. The van der Waals surface area contributed by atoms with Crippen LogP contribution in [0.3, 0.4) is 0 Å². The van der Waals surface area contributed by atoms with E-state index in [-0.39, 0.29) is 5.91 Å². The first kappa shape index (κ1) is 17.4. The molecule has 1 aromatic rings. The predicted molar refractivity (Wildman–Crippen MR) is 87.6 cm³/mol. The second-order valence-electron chi connectivity index (χ2n) is 6.24. The molecule has 1 heterocycles. The first-order valence-electron chi connectivity index (χ1n) is 7.80. The number of carbonyl (C=O) groups excluding carboxylic acids is 1. The summed E-state index contributed by atoms with van der Waals surface area (Å²) >= 11 is 0. The fraction of sp³-hybridized carbons (Fsp3) is 0.529. The minimum Gasteiger partial charge on any atom is -0.390 e. The van der Waals surface area contributed by atoms with Gasteiger partial charge in [0.15, 0.2) is 0 Å². The van der Waals surface area contributed by atoms with E-state index in [9.17, 15) is 15.2 Å². The monoisotopic (exact) mass is 316 g/mol. The lowest BCUT2D eigenvalue weighted by molar-refractivity contribution is -0.132. The molecule has 0 unspecified atom stereocenters. The minimum atomic E-state index is -0.571. The number of aliphatic hydroxyl groups excluding tert-OH is 1. The number of hydrogen-bond donors (Lipinski definition) is 1. The largest absolute Gasteiger partial charge is 0.390 e. The number of hydrogen-bond acceptors (Lipinski definition) is 5. The zero-order valence-electron chi connectivity index (χ0n) is 13.8. The van der Waals surface area contributed by atoms with Crippen LogP contribution in [0, 0.1) is 11.3 Å². The Morgan fingerprint density at radius 3 is 2.78 bits per heavy atom. The van der Waals surface area contributed by atoms with E-state index in [2.05, 4.69) is 11.0 Å². The number of likely N-dealkylation sites (N-methyl/N-ethyl adjacent to an activating group) is 1. The molecular formula is C17H24N4O2. The molecule has 1 saturated heterocycles. The van der Waals surface area contributed by atoms with Gasteiger partial charge in [-0.25, -0.2) is 0 Å². The van der Waals surface area contributed by atoms with Crippen LogP contribution in [0.1, 0.15) is 11.1 Å². The van der Waals surface area contributed by atoms with E-state index in [4.69, 9.17) is 0 Å². The number of benzene rings is 1. The maximum absolute atomic E-state index is 12.2. The maximum Gasteiger partial charge on any atom is 0.236 e. The number of amides is 1. The number of β-amino-alcohol motifs (C(OH)–C–C–N with tert-alkyl or cyclic N) is 1. The highest BCUT2D eigenvalue weighted by Crippen LogP contribution is 2.13. The summed E-state index contributed by atoms with van der Waals surface area (Å²) in [6.45, 7) is 3.11. The van der Waals surface area contributed by atoms with Gasteiger partial charge < -0.3 is 14.9 Å². The highest BCUT2D eigenvalue weighted by Gasteiger charge is 2.24. The standard InChI is InChI=1S/C17H24N4O2/c1-19(2)13-17(23)21-8-7-20(11-16(22)12-21)10-15-6-4-3-5-14(15)9-18/h3-6,16,22H,7-8,10-13H2,1-2H3/t16-/m0/s1. The lowest BCUT2D eigenvalue weighted by Gasteiger charge is -2.23. The van der Waals surface area contributed by atoms with E-state index >= 15 is 0 Å². The van der Waals surface area contributed by atoms with Crippen molar-refractivity contribution in [1.29, 1.82) is 5.26 Å². The van der Waals surface area contributed by atoms with Gasteiger partial charge in [-0.1, -0.05) is 18.2 Å². The van der Waals surface area contributed by atoms with Crippen LogP contribution in [0.5, 0.6) is 0 Å². The van der Waals surface area contributed by atoms with E-state index in [0.29, 0.717) is 44.8 Å². The Balaban J connectivity index is 2.01. The Hall–Kier alpha value is -1.94. The highest BCUT2D eigenvalue weighted by molar-refractivity contribution is 5.78. The van der Waals surface area contributed by atoms with Crippen LogP contribution in [0.4, 0.5) is 0 Å². The zero-order chi connectivity index (χ0) is 16.8. The lowest BCUT2D eigenvalue weighted by Crippen LogP contribution is -2.42. The molecule has 1 aliphatic heterocycles. The Morgan fingerprint density at radius 1 is 1.35 bits per heavy atom. The van der Waals surface area contributed by atoms with Gasteiger partial charge in [0.2, 0.25) is 5.91 Å². The topological polar surface area (TPSA) is 70.8 Å². The van der Waals surface area contributed by atoms with Crippen molar-refractivity contribution >= 4 is 5.91 Å². The summed E-state index contributed by atoms with van der Waals surface area (Å²) in [5.74, 6) is 0.0355. The number of nitrogens with zero attached hydrogens (tertiary/aromatic N) is 4. The molecule has 6 nitrogen and oxygen atoms in total. The van der Waals surface area contributed by atoms with Gasteiger partial charge in [-0.15, -0.1) is 0 Å². The number of rotatable bonds is 4. The molecule has 0 radical (unpaired) electrons. The third-order valence-electron chi connectivity index (χ3n) is 3.92. The van der Waals surface area contributed by atoms with Crippen molar-refractivity contribution in [3.05, 3.63) is 35.4 Å². The molecule has 1 N–H and O–H groups in total. The average molecular weight is 316 g/mol. The van der Waals surface area contributed by atoms with Crippen molar-refractivity contribution in [2.75, 3.05) is 46.8 Å². The van der Waals surface area contributed by atoms with Crippen molar-refractivity contribution in [3.63, 3.8) is 0 Å². The van der Waals surface area contributed by atoms with Crippen LogP contribution >= 0.6 is 0 Å². The van der Waals surface area contributed by atoms with Crippen molar-refractivity contribution in [2.45, 2.75) is 12.6 Å². The molecule has 2 rings (SSSR count). The van der Waals surface area contributed by atoms with Crippen LogP contribution in [0.2, 0.25) is 0 Å². The Morgan fingerprint density at radius 2 is 2.09 bits per heavy atom. The molecule has 0 aromatic heterocycles. The van der Waals surface area contributed by atoms with Crippen LogP contribution in [-0.4, -0.2) is 78.6 Å². The second kappa shape index (κ2) is 8.06. The van der Waals surface area contributed by atoms with Gasteiger partial charge in [-0.2, -0.15) is 5.26 Å². The normalized spacial score (nSPS) is 19.4. The maximum atomic E-state index is 12.2. The smallest absolute Gasteiger partial charge is 0.236 e. The summed E-state index contributed by atoms with van der Waals surface area (Å²) in [5.41, 5.74) is 1.61. The first-order valence-corrected chi connectivity index (χ1v) is 7.80. The van der Waals surface area contributed by atoms with Crippen LogP contribution < -0.4 is 0 Å². The highest BCUT2D eigenvalue weighted by atomic mass is 16.3. The molecule has 1 aromatic carbocycles. The molecule has 23 heavy (non-hydrogen) atoms. The van der Waals surface area contributed by atoms with E-state index in [1.165, 1.54) is 0 Å². The van der Waals surface area contributed by atoms with Crippen LogP contribution in [0.25, 0.3) is 0 Å². The van der Waals surface area contributed by atoms with Crippen molar-refractivity contribution < 1.29 is 9.90 Å². The van der Waals surface area contributed by atoms with E-state index in [0.717, 1.165) is 5.56 Å². The second-order valence-corrected chi connectivity index (χ2v) is 6.24. The van der Waals surface area contributed by atoms with Crippen molar-refractivity contribution in [3.8, 4) is 6.07 Å². The van der Waals surface area contributed by atoms with Crippen LogP contribution in [0.15, 0.2) is 24.3 Å². The Kier molecular flexibility index (Phi) is 6.11. The summed E-state index contributed by atoms with van der Waals surface area (Å²) in [5, 5.41) is 19.4. The average Bonchev–Trinajstić information content (AvgIpc) is 2.68. The van der Waals surface area contributed by atoms with Crippen molar-refractivity contribution in [1.82, 2.24) is 14.7 Å². The molecule has 1 aliphatic rings. The number of nitriles is 1. The van der Waals surface area contributed by atoms with Gasteiger partial charge >= 0.3 is 0 Å². The van der Waals surface area contributed by atoms with Gasteiger partial charge in [-0.05, 0) is 25.7 Å². The fourth-order valence-electron chi connectivity index (χ4n) is 2.80. The molecule has 6 heteroatoms. The van der Waals surface area contributed by atoms with E-state index in [1.54, 1.807) is 11.0 Å². The molecular weight excluding hydrogens is 292 g/mol. The summed E-state index contributed by atoms with van der Waals surface area (Å²) in [6.07, 6.45) is -0.571. The molecule has 1 atom stereocenters. The molecule has 0 spiro atoms. The Labute approximate surface area is 137 Å². The summed E-state index contributed by atoms with van der Waals surface area (Å²) < 4.78 is 0. The summed E-state index contributed by atoms with van der Waals surface area (Å²) in [4.78, 5) is 17.8. The number of carbonyl (C=O) groups is 1. The predicted octanol–water partition coefficient (Wildman–Crippen LogP) is 0.125. The van der Waals surface area contributed by atoms with E-state index in [1.807, 2.05) is 37.2 Å². The first-order chi connectivity index (χ1) is 11.0. The summed E-state index contributed by atoms with van der Waals surface area (Å²) in [6, 6.07) is 9.70. The van der Waals surface area contributed by atoms with Crippen molar-refractivity contribution in [2.24, 2.45) is 0 Å². The van der Waals surface area contributed by atoms with Gasteiger partial charge in [0.1, 0.15) is 0 Å². The van der Waals surface area contributed by atoms with Gasteiger partial charge in [0.25, 0.3) is 0 Å². The Bertz CT molecular complexity index is 582. The van der Waals surface area contributed by atoms with Gasteiger partial charge in [-0.3, -0.25) is 9.69 Å². The fourth-order valence-corrected chi connectivity index (χ4v) is 2.80. The van der Waals surface area contributed by atoms with E-state index < -0.39 is 6.10 Å². The molecule has 124 valence electrons. The molecule has 0 aliphatic carbocycles. The minimum absolute atomic E-state index is 0.0355. The molecule has 1 amide bonds. The lowest BCUT2D eigenvalue weighted by atomic mass is 10.1. The number of aliphatic hydroxyl groups is 1. The van der Waals surface area contributed by atoms with Gasteiger partial charge in [0.05, 0.1) is 24.3 Å². The third-order valence-corrected chi connectivity index (χ3v) is 3.92. The van der Waals surface area contributed by atoms with Gasteiger partial charge in [0, 0.05) is 32.7 Å². The quantitative estimate of drug-likeness (QED) is 0.855. The SMILES string of the molecule is CN(C)CC(=O)N1CCN(Cc2ccccc2C#N)C[C@H](O)C1. The summed E-state index contributed by atoms with van der Waals surface area (Å²) in [7, 11) is 3.72. The molecule has 0 saturated carbocycles. The third kappa shape index (κ3) is 5.03.